The molecule has 24 heavy (non-hydrogen) atoms. The molecule has 0 aliphatic carbocycles. The summed E-state index contributed by atoms with van der Waals surface area (Å²) in [7, 11) is 0. The van der Waals surface area contributed by atoms with E-state index in [0.29, 0.717) is 12.0 Å². The lowest BCUT2D eigenvalue weighted by atomic mass is 9.92. The van der Waals surface area contributed by atoms with Gasteiger partial charge in [-0.3, -0.25) is 0 Å². The van der Waals surface area contributed by atoms with Crippen LogP contribution in [0.4, 0.5) is 0 Å². The molecule has 0 saturated heterocycles. The zero-order valence-electron chi connectivity index (χ0n) is 13.0. The Morgan fingerprint density at radius 1 is 0.667 bits per heavy atom. The zero-order valence-corrected chi connectivity index (χ0v) is 13.0. The van der Waals surface area contributed by atoms with Gasteiger partial charge in [-0.15, -0.1) is 0 Å². The first-order valence-electron chi connectivity index (χ1n) is 7.92. The molecular weight excluding hydrogens is 296 g/mol. The van der Waals surface area contributed by atoms with Crippen molar-refractivity contribution >= 4 is 27.5 Å². The van der Waals surface area contributed by atoms with Crippen LogP contribution in [0.2, 0.25) is 0 Å². The fraction of sp³-hybridized carbons (Fsp3) is 0.0455. The maximum absolute atomic E-state index is 11.8. The van der Waals surface area contributed by atoms with Gasteiger partial charge in [0.1, 0.15) is 0 Å². The molecule has 0 aliphatic rings. The van der Waals surface area contributed by atoms with Gasteiger partial charge in [-0.2, -0.15) is 0 Å². The predicted octanol–water partition coefficient (Wildman–Crippen LogP) is 3.95. The van der Waals surface area contributed by atoms with Crippen LogP contribution < -0.4 is 5.11 Å². The van der Waals surface area contributed by atoms with E-state index in [0.717, 1.165) is 32.7 Å². The molecule has 2 nitrogen and oxygen atoms in total. The number of carbonyl (C=O) groups is 1. The molecule has 0 aliphatic heterocycles. The number of rotatable bonds is 3. The lowest BCUT2D eigenvalue weighted by molar-refractivity contribution is -0.254. The maximum atomic E-state index is 11.8. The minimum absolute atomic E-state index is 0.293. The number of carboxylic acid groups (broad SMARTS) is 1. The van der Waals surface area contributed by atoms with Crippen LogP contribution in [0, 0.1) is 0 Å². The predicted molar refractivity (Wildman–Crippen MR) is 95.0 cm³/mol. The standard InChI is InChI=1S/C22H16O2/c23-22(24)21-18(13-12-16-7-2-4-11-20(16)21)14-17-9-5-8-15-6-1-3-10-19(15)17/h1-13H,14H2,(H,23,24)/p-1. The number of fused-ring (bicyclic) bond motifs is 2. The van der Waals surface area contributed by atoms with Crippen molar-refractivity contribution in [3.63, 3.8) is 0 Å². The van der Waals surface area contributed by atoms with E-state index in [2.05, 4.69) is 24.3 Å². The Morgan fingerprint density at radius 3 is 2.04 bits per heavy atom. The Balaban J connectivity index is 1.90. The third kappa shape index (κ3) is 2.42. The molecule has 0 unspecified atom stereocenters. The Morgan fingerprint density at radius 2 is 1.29 bits per heavy atom. The molecule has 4 rings (SSSR count). The molecule has 0 aromatic heterocycles. The monoisotopic (exact) mass is 311 g/mol. The number of hydrogen-bond acceptors (Lipinski definition) is 2. The SMILES string of the molecule is O=C([O-])c1c(Cc2cccc3ccccc23)ccc2ccccc12. The van der Waals surface area contributed by atoms with E-state index in [-0.39, 0.29) is 0 Å². The Hall–Kier alpha value is -3.13. The fourth-order valence-corrected chi connectivity index (χ4v) is 3.36. The van der Waals surface area contributed by atoms with Crippen LogP contribution in [0.1, 0.15) is 21.5 Å². The van der Waals surface area contributed by atoms with Gasteiger partial charge in [0.2, 0.25) is 0 Å². The van der Waals surface area contributed by atoms with Crippen molar-refractivity contribution in [2.24, 2.45) is 0 Å². The molecule has 4 aromatic rings. The highest BCUT2D eigenvalue weighted by molar-refractivity contribution is 6.04. The molecule has 0 saturated carbocycles. The van der Waals surface area contributed by atoms with Gasteiger partial charge in [0.05, 0.1) is 5.97 Å². The van der Waals surface area contributed by atoms with Crippen LogP contribution in [-0.4, -0.2) is 5.97 Å². The first-order chi connectivity index (χ1) is 11.7. The molecule has 4 aromatic carbocycles. The first-order valence-corrected chi connectivity index (χ1v) is 7.92. The second-order valence-electron chi connectivity index (χ2n) is 5.92. The molecule has 0 radical (unpaired) electrons. The lowest BCUT2D eigenvalue weighted by Gasteiger charge is -2.15. The van der Waals surface area contributed by atoms with Crippen LogP contribution >= 0.6 is 0 Å². The summed E-state index contributed by atoms with van der Waals surface area (Å²) in [6, 6.07) is 25.7. The summed E-state index contributed by atoms with van der Waals surface area (Å²) in [5, 5.41) is 15.7. The molecule has 0 amide bonds. The molecule has 0 fully saturated rings. The van der Waals surface area contributed by atoms with Crippen molar-refractivity contribution in [3.05, 3.63) is 95.6 Å². The number of hydrogen-bond donors (Lipinski definition) is 0. The van der Waals surface area contributed by atoms with E-state index in [9.17, 15) is 9.90 Å². The zero-order chi connectivity index (χ0) is 16.5. The number of carboxylic acids is 1. The number of benzene rings is 4. The van der Waals surface area contributed by atoms with Crippen molar-refractivity contribution in [1.29, 1.82) is 0 Å². The highest BCUT2D eigenvalue weighted by Gasteiger charge is 2.10. The highest BCUT2D eigenvalue weighted by Crippen LogP contribution is 2.27. The van der Waals surface area contributed by atoms with Gasteiger partial charge in [-0.05, 0) is 39.1 Å². The summed E-state index contributed by atoms with van der Waals surface area (Å²) in [5.74, 6) is -1.12. The van der Waals surface area contributed by atoms with Crippen molar-refractivity contribution in [2.45, 2.75) is 6.42 Å². The number of aromatic carboxylic acids is 1. The summed E-state index contributed by atoms with van der Waals surface area (Å²) in [5.41, 5.74) is 2.19. The van der Waals surface area contributed by atoms with Crippen LogP contribution in [0.5, 0.6) is 0 Å². The summed E-state index contributed by atoms with van der Waals surface area (Å²) < 4.78 is 0. The number of carbonyl (C=O) groups excluding carboxylic acids is 1. The maximum Gasteiger partial charge on any atom is 0.0724 e. The van der Waals surface area contributed by atoms with E-state index in [4.69, 9.17) is 0 Å². The van der Waals surface area contributed by atoms with Crippen molar-refractivity contribution in [3.8, 4) is 0 Å². The first kappa shape index (κ1) is 14.5. The average Bonchev–Trinajstić information content (AvgIpc) is 2.61. The average molecular weight is 311 g/mol. The summed E-state index contributed by atoms with van der Waals surface area (Å²) in [6.45, 7) is 0. The summed E-state index contributed by atoms with van der Waals surface area (Å²) in [4.78, 5) is 11.8. The second kappa shape index (κ2) is 5.82. The van der Waals surface area contributed by atoms with Gasteiger partial charge < -0.3 is 9.90 Å². The molecule has 0 atom stereocenters. The summed E-state index contributed by atoms with van der Waals surface area (Å²) >= 11 is 0. The van der Waals surface area contributed by atoms with E-state index in [1.165, 1.54) is 0 Å². The van der Waals surface area contributed by atoms with Crippen LogP contribution in [0.15, 0.2) is 78.9 Å². The third-order valence-electron chi connectivity index (χ3n) is 4.48. The Kier molecular flexibility index (Phi) is 3.51. The minimum atomic E-state index is -1.12. The molecule has 2 heteroatoms. The van der Waals surface area contributed by atoms with E-state index in [1.807, 2.05) is 54.6 Å². The quantitative estimate of drug-likeness (QED) is 0.575. The molecule has 0 bridgehead atoms. The normalized spacial score (nSPS) is 11.0. The Labute approximate surface area is 140 Å². The van der Waals surface area contributed by atoms with Gasteiger partial charge in [-0.1, -0.05) is 78.9 Å². The summed E-state index contributed by atoms with van der Waals surface area (Å²) in [6.07, 6.45) is 0.565. The Bertz CT molecular complexity index is 1060. The molecular formula is C22H15O2-. The van der Waals surface area contributed by atoms with E-state index < -0.39 is 5.97 Å². The second-order valence-corrected chi connectivity index (χ2v) is 5.92. The third-order valence-corrected chi connectivity index (χ3v) is 4.48. The van der Waals surface area contributed by atoms with Gasteiger partial charge in [0, 0.05) is 5.56 Å². The van der Waals surface area contributed by atoms with Crippen LogP contribution in [0.25, 0.3) is 21.5 Å². The minimum Gasteiger partial charge on any atom is -0.545 e. The van der Waals surface area contributed by atoms with Gasteiger partial charge in [0.15, 0.2) is 0 Å². The van der Waals surface area contributed by atoms with Gasteiger partial charge in [0.25, 0.3) is 0 Å². The fourth-order valence-electron chi connectivity index (χ4n) is 3.36. The lowest BCUT2D eigenvalue weighted by Crippen LogP contribution is -2.24. The van der Waals surface area contributed by atoms with Crippen molar-refractivity contribution in [2.75, 3.05) is 0 Å². The van der Waals surface area contributed by atoms with Crippen molar-refractivity contribution in [1.82, 2.24) is 0 Å². The molecule has 116 valence electrons. The van der Waals surface area contributed by atoms with E-state index in [1.54, 1.807) is 0 Å². The van der Waals surface area contributed by atoms with Crippen LogP contribution in [0.3, 0.4) is 0 Å². The largest absolute Gasteiger partial charge is 0.545 e. The van der Waals surface area contributed by atoms with Crippen LogP contribution in [-0.2, 0) is 6.42 Å². The highest BCUT2D eigenvalue weighted by atomic mass is 16.4. The van der Waals surface area contributed by atoms with Crippen molar-refractivity contribution < 1.29 is 9.90 Å². The molecule has 0 heterocycles. The molecule has 0 spiro atoms. The van der Waals surface area contributed by atoms with Gasteiger partial charge in [-0.25, -0.2) is 0 Å². The topological polar surface area (TPSA) is 40.1 Å². The molecule has 0 N–H and O–H groups in total. The van der Waals surface area contributed by atoms with Gasteiger partial charge >= 0.3 is 0 Å². The smallest absolute Gasteiger partial charge is 0.0724 e. The van der Waals surface area contributed by atoms with E-state index >= 15 is 0 Å².